The SMILES string of the molecule is Cc1ccc(C)c(C2=NC3(CCN(C(C)C)CC3)N[C@@H](c3cc(Cl)ccc3O)C2)c1. The Kier molecular flexibility index (Phi) is 5.93. The van der Waals surface area contributed by atoms with Crippen molar-refractivity contribution < 1.29 is 5.11 Å². The van der Waals surface area contributed by atoms with Crippen LogP contribution in [0.5, 0.6) is 5.75 Å². The molecule has 0 saturated carbocycles. The standard InChI is InChI=1S/C25H32ClN3O/c1-16(2)29-11-9-25(10-12-29)27-22(20-13-17(3)5-6-18(20)4)15-23(28-25)21-14-19(26)7-8-24(21)30/h5-8,13-14,16,23,28,30H,9-12,15H2,1-4H3/t23-/m1/s1. The van der Waals surface area contributed by atoms with E-state index < -0.39 is 0 Å². The molecular weight excluding hydrogens is 394 g/mol. The summed E-state index contributed by atoms with van der Waals surface area (Å²) < 4.78 is 0. The maximum Gasteiger partial charge on any atom is 0.120 e. The highest BCUT2D eigenvalue weighted by Gasteiger charge is 2.41. The van der Waals surface area contributed by atoms with Crippen LogP contribution in [0.3, 0.4) is 0 Å². The van der Waals surface area contributed by atoms with E-state index in [4.69, 9.17) is 16.6 Å². The summed E-state index contributed by atoms with van der Waals surface area (Å²) in [7, 11) is 0. The van der Waals surface area contributed by atoms with Crippen LogP contribution in [-0.4, -0.2) is 40.5 Å². The molecule has 1 atom stereocenters. The lowest BCUT2D eigenvalue weighted by molar-refractivity contribution is 0.103. The average Bonchev–Trinajstić information content (AvgIpc) is 2.71. The van der Waals surface area contributed by atoms with Gasteiger partial charge in [-0.15, -0.1) is 0 Å². The molecule has 5 heteroatoms. The summed E-state index contributed by atoms with van der Waals surface area (Å²) in [5.74, 6) is 0.286. The quantitative estimate of drug-likeness (QED) is 0.693. The van der Waals surface area contributed by atoms with Crippen LogP contribution in [0.25, 0.3) is 0 Å². The van der Waals surface area contributed by atoms with Crippen LogP contribution < -0.4 is 5.32 Å². The number of hydrogen-bond acceptors (Lipinski definition) is 4. The lowest BCUT2D eigenvalue weighted by Gasteiger charge is -2.46. The lowest BCUT2D eigenvalue weighted by atomic mass is 9.86. The van der Waals surface area contributed by atoms with Crippen molar-refractivity contribution in [3.8, 4) is 5.75 Å². The van der Waals surface area contributed by atoms with E-state index in [-0.39, 0.29) is 17.5 Å². The van der Waals surface area contributed by atoms with Gasteiger partial charge in [-0.1, -0.05) is 29.3 Å². The summed E-state index contributed by atoms with van der Waals surface area (Å²) >= 11 is 6.29. The van der Waals surface area contributed by atoms with E-state index in [9.17, 15) is 5.11 Å². The van der Waals surface area contributed by atoms with E-state index in [1.54, 1.807) is 12.1 Å². The number of nitrogens with one attached hydrogen (secondary N) is 1. The topological polar surface area (TPSA) is 47.9 Å². The van der Waals surface area contributed by atoms with Gasteiger partial charge >= 0.3 is 0 Å². The first-order chi connectivity index (χ1) is 14.3. The number of phenols is 1. The van der Waals surface area contributed by atoms with Crippen molar-refractivity contribution >= 4 is 17.3 Å². The van der Waals surface area contributed by atoms with Crippen LogP contribution in [-0.2, 0) is 0 Å². The summed E-state index contributed by atoms with van der Waals surface area (Å²) in [5, 5.41) is 15.1. The van der Waals surface area contributed by atoms with Gasteiger partial charge in [0.2, 0.25) is 0 Å². The van der Waals surface area contributed by atoms with Crippen molar-refractivity contribution in [2.24, 2.45) is 4.99 Å². The van der Waals surface area contributed by atoms with Crippen molar-refractivity contribution in [1.29, 1.82) is 0 Å². The molecule has 2 aromatic rings. The second-order valence-corrected chi connectivity index (χ2v) is 9.58. The van der Waals surface area contributed by atoms with E-state index >= 15 is 0 Å². The van der Waals surface area contributed by atoms with E-state index in [1.165, 1.54) is 16.7 Å². The average molecular weight is 426 g/mol. The molecule has 1 spiro atoms. The second kappa shape index (κ2) is 8.33. The van der Waals surface area contributed by atoms with Crippen LogP contribution in [0, 0.1) is 13.8 Å². The molecule has 1 saturated heterocycles. The molecule has 30 heavy (non-hydrogen) atoms. The predicted molar refractivity (Wildman–Crippen MR) is 125 cm³/mol. The first kappa shape index (κ1) is 21.4. The van der Waals surface area contributed by atoms with Gasteiger partial charge in [-0.3, -0.25) is 10.3 Å². The van der Waals surface area contributed by atoms with Gasteiger partial charge in [-0.25, -0.2) is 0 Å². The zero-order valence-corrected chi connectivity index (χ0v) is 19.1. The third-order valence-corrected chi connectivity index (χ3v) is 6.85. The normalized spacial score (nSPS) is 21.8. The van der Waals surface area contributed by atoms with Gasteiger partial charge in [0, 0.05) is 47.9 Å². The number of rotatable bonds is 3. The summed E-state index contributed by atoms with van der Waals surface area (Å²) in [5.41, 5.74) is 5.36. The second-order valence-electron chi connectivity index (χ2n) is 9.14. The zero-order chi connectivity index (χ0) is 21.5. The summed E-state index contributed by atoms with van der Waals surface area (Å²) in [6, 6.07) is 12.4. The van der Waals surface area contributed by atoms with Crippen molar-refractivity contribution in [1.82, 2.24) is 10.2 Å². The number of phenolic OH excluding ortho intramolecular Hbond substituents is 1. The Balaban J connectivity index is 1.75. The van der Waals surface area contributed by atoms with Gasteiger partial charge in [0.25, 0.3) is 0 Å². The summed E-state index contributed by atoms with van der Waals surface area (Å²) in [6.07, 6.45) is 2.64. The molecule has 4 nitrogen and oxygen atoms in total. The van der Waals surface area contributed by atoms with E-state index in [0.717, 1.165) is 43.6 Å². The number of hydrogen-bond donors (Lipinski definition) is 2. The summed E-state index contributed by atoms with van der Waals surface area (Å²) in [4.78, 5) is 7.85. The highest BCUT2D eigenvalue weighted by Crippen LogP contribution is 2.39. The number of aliphatic imine (C=N–C) groups is 1. The molecule has 0 amide bonds. The Morgan fingerprint density at radius 3 is 2.57 bits per heavy atom. The van der Waals surface area contributed by atoms with Crippen molar-refractivity contribution in [3.63, 3.8) is 0 Å². The molecule has 0 aromatic heterocycles. The minimum absolute atomic E-state index is 0.0262. The molecule has 0 unspecified atom stereocenters. The van der Waals surface area contributed by atoms with Crippen LogP contribution in [0.1, 0.15) is 61.4 Å². The van der Waals surface area contributed by atoms with Crippen LogP contribution in [0.4, 0.5) is 0 Å². The molecule has 2 aromatic carbocycles. The third-order valence-electron chi connectivity index (χ3n) is 6.61. The highest BCUT2D eigenvalue weighted by molar-refractivity contribution is 6.30. The largest absolute Gasteiger partial charge is 0.508 e. The van der Waals surface area contributed by atoms with Crippen molar-refractivity contribution in [2.75, 3.05) is 13.1 Å². The first-order valence-electron chi connectivity index (χ1n) is 10.9. The minimum Gasteiger partial charge on any atom is -0.508 e. The summed E-state index contributed by atoms with van der Waals surface area (Å²) in [6.45, 7) is 10.8. The molecule has 4 rings (SSSR count). The molecule has 2 aliphatic heterocycles. The first-order valence-corrected chi connectivity index (χ1v) is 11.3. The van der Waals surface area contributed by atoms with E-state index in [0.29, 0.717) is 11.1 Å². The van der Waals surface area contributed by atoms with Gasteiger partial charge in [-0.05, 0) is 75.9 Å². The Labute approximate surface area is 185 Å². The van der Waals surface area contributed by atoms with Gasteiger partial charge in [0.05, 0.1) is 0 Å². The van der Waals surface area contributed by atoms with E-state index in [1.807, 2.05) is 6.07 Å². The highest BCUT2D eigenvalue weighted by atomic mass is 35.5. The van der Waals surface area contributed by atoms with Crippen molar-refractivity contribution in [3.05, 3.63) is 63.7 Å². The fourth-order valence-corrected chi connectivity index (χ4v) is 4.96. The zero-order valence-electron chi connectivity index (χ0n) is 18.4. The molecule has 0 radical (unpaired) electrons. The molecule has 1 fully saturated rings. The molecular formula is C25H32ClN3O. The van der Waals surface area contributed by atoms with Gasteiger partial charge in [0.15, 0.2) is 0 Å². The molecule has 160 valence electrons. The monoisotopic (exact) mass is 425 g/mol. The maximum absolute atomic E-state index is 10.6. The third kappa shape index (κ3) is 4.27. The lowest BCUT2D eigenvalue weighted by Crippen LogP contribution is -2.56. The number of nitrogens with zero attached hydrogens (tertiary/aromatic N) is 2. The maximum atomic E-state index is 10.6. The Morgan fingerprint density at radius 2 is 1.87 bits per heavy atom. The van der Waals surface area contributed by atoms with Crippen LogP contribution in [0.15, 0.2) is 41.4 Å². The van der Waals surface area contributed by atoms with Gasteiger partial charge in [0.1, 0.15) is 11.4 Å². The number of likely N-dealkylation sites (tertiary alicyclic amines) is 1. The predicted octanol–water partition coefficient (Wildman–Crippen LogP) is 5.39. The molecule has 2 aliphatic rings. The van der Waals surface area contributed by atoms with Crippen LogP contribution >= 0.6 is 11.6 Å². The Bertz CT molecular complexity index is 961. The number of aryl methyl sites for hydroxylation is 2. The molecule has 0 bridgehead atoms. The number of benzene rings is 2. The fraction of sp³-hybridized carbons (Fsp3) is 0.480. The van der Waals surface area contributed by atoms with Gasteiger partial charge < -0.3 is 10.0 Å². The smallest absolute Gasteiger partial charge is 0.120 e. The molecule has 0 aliphatic carbocycles. The minimum atomic E-state index is -0.311. The molecule has 2 heterocycles. The number of halogens is 1. The van der Waals surface area contributed by atoms with Crippen LogP contribution in [0.2, 0.25) is 5.02 Å². The molecule has 2 N–H and O–H groups in total. The van der Waals surface area contributed by atoms with E-state index in [2.05, 4.69) is 56.1 Å². The fourth-order valence-electron chi connectivity index (χ4n) is 4.78. The number of aromatic hydroxyl groups is 1. The number of piperidine rings is 1. The van der Waals surface area contributed by atoms with Gasteiger partial charge in [-0.2, -0.15) is 0 Å². The Hall–Kier alpha value is -1.88. The Morgan fingerprint density at radius 1 is 1.13 bits per heavy atom. The van der Waals surface area contributed by atoms with Crippen molar-refractivity contribution in [2.45, 2.75) is 64.7 Å².